The van der Waals surface area contributed by atoms with E-state index in [9.17, 15) is 0 Å². The van der Waals surface area contributed by atoms with Crippen LogP contribution in [0.2, 0.25) is 0 Å². The average molecular weight is 226 g/mol. The van der Waals surface area contributed by atoms with Crippen molar-refractivity contribution in [3.63, 3.8) is 0 Å². The fourth-order valence-corrected chi connectivity index (χ4v) is 3.18. The molecule has 2 N–H and O–H groups in total. The molecule has 62 valence electrons. The van der Waals surface area contributed by atoms with Crippen LogP contribution >= 0.6 is 0 Å². The minimum atomic E-state index is 0.292. The Morgan fingerprint density at radius 1 is 1.42 bits per heavy atom. The Morgan fingerprint density at radius 3 is 2.83 bits per heavy atom. The summed E-state index contributed by atoms with van der Waals surface area (Å²) in [5.41, 5.74) is 1.24. The molecule has 1 heterocycles. The van der Waals surface area contributed by atoms with Crippen molar-refractivity contribution >= 4 is 24.3 Å². The summed E-state index contributed by atoms with van der Waals surface area (Å²) in [7, 11) is 2.00. The van der Waals surface area contributed by atoms with Crippen LogP contribution in [-0.2, 0) is 7.05 Å². The zero-order chi connectivity index (χ0) is 8.55. The number of hydrogen-bond donors (Lipinski definition) is 1. The molecule has 12 heavy (non-hydrogen) atoms. The molecular formula is C8H9N3Se. The van der Waals surface area contributed by atoms with E-state index in [1.165, 1.54) is 9.78 Å². The van der Waals surface area contributed by atoms with E-state index in [1.54, 1.807) is 0 Å². The van der Waals surface area contributed by atoms with E-state index in [4.69, 9.17) is 5.84 Å². The monoisotopic (exact) mass is 227 g/mol. The van der Waals surface area contributed by atoms with Gasteiger partial charge in [-0.1, -0.05) is 0 Å². The molecule has 2 rings (SSSR count). The van der Waals surface area contributed by atoms with Gasteiger partial charge in [-0.05, 0) is 0 Å². The molecule has 2 aromatic rings. The number of hydrogen-bond acceptors (Lipinski definition) is 2. The van der Waals surface area contributed by atoms with Gasteiger partial charge in [0, 0.05) is 0 Å². The summed E-state index contributed by atoms with van der Waals surface area (Å²) < 4.78 is 4.40. The summed E-state index contributed by atoms with van der Waals surface area (Å²) in [5, 5.41) is 3.75. The second-order valence-corrected chi connectivity index (χ2v) is 4.66. The van der Waals surface area contributed by atoms with Gasteiger partial charge in [-0.15, -0.1) is 0 Å². The zero-order valence-electron chi connectivity index (χ0n) is 6.69. The maximum absolute atomic E-state index is 5.27. The first kappa shape index (κ1) is 7.65. The Morgan fingerprint density at radius 2 is 2.17 bits per heavy atom. The molecule has 0 unspecified atom stereocenters. The van der Waals surface area contributed by atoms with Crippen LogP contribution in [0.3, 0.4) is 0 Å². The van der Waals surface area contributed by atoms with Gasteiger partial charge in [0.05, 0.1) is 0 Å². The summed E-state index contributed by atoms with van der Waals surface area (Å²) in [6, 6.07) is 8.30. The van der Waals surface area contributed by atoms with E-state index in [1.807, 2.05) is 19.2 Å². The Labute approximate surface area is 75.9 Å². The van der Waals surface area contributed by atoms with Gasteiger partial charge >= 0.3 is 75.5 Å². The quantitative estimate of drug-likeness (QED) is 0.384. The number of fused-ring (bicyclic) bond motifs is 1. The predicted molar refractivity (Wildman–Crippen MR) is 49.6 cm³/mol. The van der Waals surface area contributed by atoms with E-state index >= 15 is 0 Å². The van der Waals surface area contributed by atoms with Crippen molar-refractivity contribution in [2.75, 3.05) is 0 Å². The fraction of sp³-hybridized carbons (Fsp3) is 0.125. The molecule has 0 bridgehead atoms. The number of nitrogens with two attached hydrogens (primary N) is 1. The van der Waals surface area contributed by atoms with Crippen molar-refractivity contribution in [3.8, 4) is 0 Å². The van der Waals surface area contributed by atoms with Crippen LogP contribution in [0.1, 0.15) is 0 Å². The van der Waals surface area contributed by atoms with Gasteiger partial charge in [0.1, 0.15) is 0 Å². The average Bonchev–Trinajstić information content (AvgIpc) is 2.44. The first-order valence-corrected chi connectivity index (χ1v) is 5.32. The Kier molecular flexibility index (Phi) is 1.79. The molecule has 0 fully saturated rings. The summed E-state index contributed by atoms with van der Waals surface area (Å²) in [5.74, 6) is 5.27. The number of aryl methyl sites for hydroxylation is 1. The number of nitrogens with zero attached hydrogens (tertiary/aromatic N) is 2. The molecule has 4 heteroatoms. The standard InChI is InChI=1S/C8H9N3Se/c1-11-6-4-2-3-5-7(6)12-8(11)10-9/h2-5H,9H2,1H3/b10-8-. The first-order chi connectivity index (χ1) is 5.83. The third-order valence-electron chi connectivity index (χ3n) is 1.83. The van der Waals surface area contributed by atoms with Crippen molar-refractivity contribution in [3.05, 3.63) is 28.6 Å². The van der Waals surface area contributed by atoms with E-state index < -0.39 is 0 Å². The molecule has 1 aromatic carbocycles. The molecule has 0 spiro atoms. The molecule has 0 saturated heterocycles. The summed E-state index contributed by atoms with van der Waals surface area (Å²) >= 11 is 0.292. The van der Waals surface area contributed by atoms with Gasteiger partial charge in [-0.2, -0.15) is 0 Å². The van der Waals surface area contributed by atoms with Crippen molar-refractivity contribution < 1.29 is 0 Å². The molecular weight excluding hydrogens is 217 g/mol. The molecule has 0 aliphatic rings. The number of benzene rings is 1. The van der Waals surface area contributed by atoms with Crippen LogP contribution < -0.4 is 10.2 Å². The molecule has 0 amide bonds. The van der Waals surface area contributed by atoms with Crippen LogP contribution in [0.15, 0.2) is 29.4 Å². The Balaban J connectivity index is 2.98. The maximum atomic E-state index is 5.27. The first-order valence-electron chi connectivity index (χ1n) is 3.61. The van der Waals surface area contributed by atoms with Crippen LogP contribution in [0.5, 0.6) is 0 Å². The molecule has 0 aliphatic carbocycles. The Bertz CT molecular complexity index is 466. The van der Waals surface area contributed by atoms with Gasteiger partial charge in [0.25, 0.3) is 0 Å². The van der Waals surface area contributed by atoms with Crippen LogP contribution in [-0.4, -0.2) is 19.1 Å². The topological polar surface area (TPSA) is 43.3 Å². The molecule has 3 nitrogen and oxygen atoms in total. The fourth-order valence-electron chi connectivity index (χ4n) is 1.20. The van der Waals surface area contributed by atoms with Crippen LogP contribution in [0.25, 0.3) is 9.78 Å². The normalized spacial score (nSPS) is 12.6. The number of aromatic nitrogens is 1. The van der Waals surface area contributed by atoms with Crippen LogP contribution in [0.4, 0.5) is 0 Å². The van der Waals surface area contributed by atoms with Crippen LogP contribution in [0, 0.1) is 0 Å². The second kappa shape index (κ2) is 2.81. The van der Waals surface area contributed by atoms with Gasteiger partial charge in [0.2, 0.25) is 0 Å². The molecule has 0 saturated carbocycles. The third-order valence-corrected chi connectivity index (χ3v) is 4.19. The summed E-state index contributed by atoms with van der Waals surface area (Å²) in [6.07, 6.45) is 0. The van der Waals surface area contributed by atoms with Gasteiger partial charge in [0.15, 0.2) is 0 Å². The van der Waals surface area contributed by atoms with Gasteiger partial charge in [-0.3, -0.25) is 0 Å². The summed E-state index contributed by atoms with van der Waals surface area (Å²) in [6.45, 7) is 0. The molecule has 0 aliphatic heterocycles. The Hall–Kier alpha value is -0.991. The van der Waals surface area contributed by atoms with E-state index in [2.05, 4.69) is 21.8 Å². The van der Waals surface area contributed by atoms with Gasteiger partial charge < -0.3 is 0 Å². The minimum absolute atomic E-state index is 0.292. The predicted octanol–water partition coefficient (Wildman–Crippen LogP) is 0.00970. The number of para-hydroxylation sites is 1. The molecule has 0 atom stereocenters. The molecule has 1 aromatic heterocycles. The third kappa shape index (κ3) is 1.00. The van der Waals surface area contributed by atoms with E-state index in [0.29, 0.717) is 14.5 Å². The van der Waals surface area contributed by atoms with Crippen molar-refractivity contribution in [1.82, 2.24) is 4.57 Å². The van der Waals surface area contributed by atoms with Crippen molar-refractivity contribution in [2.24, 2.45) is 18.0 Å². The SMILES string of the molecule is Cn1/c(=N/N)[se]c2ccccc21. The van der Waals surface area contributed by atoms with Crippen molar-refractivity contribution in [2.45, 2.75) is 0 Å². The summed E-state index contributed by atoms with van der Waals surface area (Å²) in [4.78, 5) is 0. The van der Waals surface area contributed by atoms with Crippen molar-refractivity contribution in [1.29, 1.82) is 0 Å². The second-order valence-electron chi connectivity index (χ2n) is 2.54. The van der Waals surface area contributed by atoms with Gasteiger partial charge in [-0.25, -0.2) is 0 Å². The molecule has 0 radical (unpaired) electrons. The van der Waals surface area contributed by atoms with E-state index in [-0.39, 0.29) is 0 Å². The number of rotatable bonds is 0. The van der Waals surface area contributed by atoms with E-state index in [0.717, 1.165) is 4.36 Å². The zero-order valence-corrected chi connectivity index (χ0v) is 8.40.